The number of nitrogens with zero attached hydrogens (tertiary/aromatic N) is 1. The maximum Gasteiger partial charge on any atom is 0.335 e. The highest BCUT2D eigenvalue weighted by atomic mass is 31.2. The molecule has 8 heteroatoms. The number of primary amides is 1. The van der Waals surface area contributed by atoms with E-state index in [4.69, 9.17) is 10.3 Å². The van der Waals surface area contributed by atoms with E-state index in [1.807, 2.05) is 30.3 Å². The molecule has 1 aromatic heterocycles. The van der Waals surface area contributed by atoms with E-state index >= 15 is 0 Å². The van der Waals surface area contributed by atoms with Gasteiger partial charge in [-0.3, -0.25) is 9.36 Å². The molecule has 1 amide bonds. The predicted molar refractivity (Wildman–Crippen MR) is 118 cm³/mol. The van der Waals surface area contributed by atoms with Crippen LogP contribution in [0.1, 0.15) is 49.3 Å². The molecule has 1 atom stereocenters. The third-order valence-corrected chi connectivity index (χ3v) is 8.03. The Kier molecular flexibility index (Phi) is 6.80. The number of carbonyl (C=O) groups excluding carboxylic acids is 1. The van der Waals surface area contributed by atoms with Crippen molar-refractivity contribution in [3.8, 4) is 11.3 Å². The van der Waals surface area contributed by atoms with Crippen LogP contribution in [0.4, 0.5) is 0 Å². The van der Waals surface area contributed by atoms with Gasteiger partial charge in [0.15, 0.2) is 5.76 Å². The van der Waals surface area contributed by atoms with Crippen molar-refractivity contribution in [3.63, 3.8) is 0 Å². The largest absolute Gasteiger partial charge is 0.369 e. The van der Waals surface area contributed by atoms with Crippen molar-refractivity contribution in [2.24, 2.45) is 5.73 Å². The Morgan fingerprint density at radius 2 is 1.71 bits per heavy atom. The van der Waals surface area contributed by atoms with Crippen LogP contribution in [-0.4, -0.2) is 20.9 Å². The van der Waals surface area contributed by atoms with E-state index in [0.29, 0.717) is 36.1 Å². The molecular weight excluding hydrogens is 415 g/mol. The first-order valence-electron chi connectivity index (χ1n) is 10.2. The first-order chi connectivity index (χ1) is 14.7. The van der Waals surface area contributed by atoms with E-state index in [1.165, 1.54) is 0 Å². The minimum absolute atomic E-state index is 0.299. The zero-order valence-corrected chi connectivity index (χ0v) is 18.5. The molecule has 164 valence electrons. The number of nitrogens with two attached hydrogens (primary N) is 1. The quantitative estimate of drug-likeness (QED) is 0.423. The summed E-state index contributed by atoms with van der Waals surface area (Å²) in [7, 11) is -4.39. The first kappa shape index (κ1) is 22.9. The van der Waals surface area contributed by atoms with Crippen LogP contribution in [0.3, 0.4) is 0 Å². The van der Waals surface area contributed by atoms with E-state index in [-0.39, 0.29) is 0 Å². The van der Waals surface area contributed by atoms with Crippen LogP contribution in [0.5, 0.6) is 0 Å². The molecule has 0 saturated heterocycles. The number of amides is 1. The molecule has 0 fully saturated rings. The van der Waals surface area contributed by atoms with Gasteiger partial charge in [0.1, 0.15) is 0 Å². The average Bonchev–Trinajstić information content (AvgIpc) is 3.22. The summed E-state index contributed by atoms with van der Waals surface area (Å²) in [5, 5.41) is 2.64. The molecule has 0 bridgehead atoms. The zero-order chi connectivity index (χ0) is 22.6. The SMILES string of the molecule is CCC(CC)(c1ccc(C(Cc2cnoc2-c2ccccc2)C(N)=O)cc1)P(=O)(O)O. The Morgan fingerprint density at radius 3 is 2.23 bits per heavy atom. The van der Waals surface area contributed by atoms with Gasteiger partial charge in [0.25, 0.3) is 0 Å². The summed E-state index contributed by atoms with van der Waals surface area (Å²) in [5.41, 5.74) is 8.53. The number of carbonyl (C=O) groups is 1. The number of hydrogen-bond donors (Lipinski definition) is 3. The Labute approximate surface area is 181 Å². The van der Waals surface area contributed by atoms with Crippen molar-refractivity contribution >= 4 is 13.5 Å². The zero-order valence-electron chi connectivity index (χ0n) is 17.6. The van der Waals surface area contributed by atoms with Gasteiger partial charge in [0, 0.05) is 11.1 Å². The van der Waals surface area contributed by atoms with E-state index in [1.54, 1.807) is 44.3 Å². The molecular formula is C23H27N2O5P. The third-order valence-electron chi connectivity index (χ3n) is 6.03. The van der Waals surface area contributed by atoms with E-state index in [0.717, 1.165) is 11.1 Å². The molecule has 2 aromatic carbocycles. The van der Waals surface area contributed by atoms with E-state index in [2.05, 4.69) is 5.16 Å². The monoisotopic (exact) mass is 442 g/mol. The van der Waals surface area contributed by atoms with Crippen molar-refractivity contribution in [2.75, 3.05) is 0 Å². The molecule has 0 aliphatic rings. The molecule has 0 radical (unpaired) electrons. The molecule has 0 saturated carbocycles. The molecule has 4 N–H and O–H groups in total. The maximum atomic E-state index is 12.3. The molecule has 1 unspecified atom stereocenters. The Morgan fingerprint density at radius 1 is 1.10 bits per heavy atom. The van der Waals surface area contributed by atoms with Gasteiger partial charge in [-0.1, -0.05) is 73.6 Å². The van der Waals surface area contributed by atoms with Crippen molar-refractivity contribution in [3.05, 3.63) is 77.5 Å². The topological polar surface area (TPSA) is 127 Å². The minimum atomic E-state index is -4.39. The summed E-state index contributed by atoms with van der Waals surface area (Å²) >= 11 is 0. The summed E-state index contributed by atoms with van der Waals surface area (Å²) in [6.45, 7) is 3.53. The average molecular weight is 442 g/mol. The number of rotatable bonds is 9. The van der Waals surface area contributed by atoms with Gasteiger partial charge in [0.2, 0.25) is 5.91 Å². The van der Waals surface area contributed by atoms with Gasteiger partial charge in [-0.05, 0) is 30.4 Å². The Bertz CT molecular complexity index is 1070. The highest BCUT2D eigenvalue weighted by molar-refractivity contribution is 7.53. The smallest absolute Gasteiger partial charge is 0.335 e. The molecule has 0 aliphatic heterocycles. The summed E-state index contributed by atoms with van der Waals surface area (Å²) in [4.78, 5) is 32.2. The summed E-state index contributed by atoms with van der Waals surface area (Å²) < 4.78 is 17.6. The van der Waals surface area contributed by atoms with Crippen LogP contribution in [0, 0.1) is 0 Å². The summed E-state index contributed by atoms with van der Waals surface area (Å²) in [6.07, 6.45) is 2.48. The number of benzene rings is 2. The van der Waals surface area contributed by atoms with Gasteiger partial charge in [-0.2, -0.15) is 0 Å². The summed E-state index contributed by atoms with van der Waals surface area (Å²) in [5.74, 6) is -0.551. The third kappa shape index (κ3) is 4.49. The lowest BCUT2D eigenvalue weighted by atomic mass is 9.87. The molecule has 31 heavy (non-hydrogen) atoms. The van der Waals surface area contributed by atoms with Crippen molar-refractivity contribution in [1.29, 1.82) is 0 Å². The fourth-order valence-corrected chi connectivity index (χ4v) is 5.41. The molecule has 0 spiro atoms. The van der Waals surface area contributed by atoms with Gasteiger partial charge in [0.05, 0.1) is 17.3 Å². The van der Waals surface area contributed by atoms with E-state index < -0.39 is 24.6 Å². The minimum Gasteiger partial charge on any atom is -0.369 e. The summed E-state index contributed by atoms with van der Waals surface area (Å²) in [6, 6.07) is 16.3. The molecule has 7 nitrogen and oxygen atoms in total. The van der Waals surface area contributed by atoms with Crippen LogP contribution >= 0.6 is 7.60 Å². The van der Waals surface area contributed by atoms with Gasteiger partial charge >= 0.3 is 7.60 Å². The molecule has 1 heterocycles. The van der Waals surface area contributed by atoms with Crippen LogP contribution in [0.2, 0.25) is 0 Å². The van der Waals surface area contributed by atoms with E-state index in [9.17, 15) is 19.1 Å². The second-order valence-corrected chi connectivity index (χ2v) is 9.55. The predicted octanol–water partition coefficient (Wildman–Crippen LogP) is 4.35. The fraction of sp³-hybridized carbons (Fsp3) is 0.304. The van der Waals surface area contributed by atoms with Crippen molar-refractivity contribution in [1.82, 2.24) is 5.16 Å². The number of hydrogen-bond acceptors (Lipinski definition) is 4. The normalized spacial score (nSPS) is 13.2. The Hall–Kier alpha value is -2.73. The van der Waals surface area contributed by atoms with Crippen LogP contribution in [-0.2, 0) is 20.9 Å². The highest BCUT2D eigenvalue weighted by Crippen LogP contribution is 2.60. The fourth-order valence-electron chi connectivity index (χ4n) is 4.10. The van der Waals surface area contributed by atoms with Gasteiger partial charge in [-0.15, -0.1) is 0 Å². The molecule has 3 aromatic rings. The van der Waals surface area contributed by atoms with Crippen molar-refractivity contribution < 1.29 is 23.7 Å². The second-order valence-electron chi connectivity index (χ2n) is 7.61. The van der Waals surface area contributed by atoms with Crippen LogP contribution in [0.25, 0.3) is 11.3 Å². The Balaban J connectivity index is 1.93. The lowest BCUT2D eigenvalue weighted by Crippen LogP contribution is -2.25. The second kappa shape index (κ2) is 9.18. The van der Waals surface area contributed by atoms with Gasteiger partial charge in [-0.25, -0.2) is 0 Å². The number of aromatic nitrogens is 1. The molecule has 0 aliphatic carbocycles. The first-order valence-corrected chi connectivity index (χ1v) is 11.8. The van der Waals surface area contributed by atoms with Crippen molar-refractivity contribution in [2.45, 2.75) is 44.2 Å². The maximum absolute atomic E-state index is 12.3. The van der Waals surface area contributed by atoms with Crippen LogP contribution < -0.4 is 5.73 Å². The standard InChI is InChI=1S/C23H27N2O5P/c1-3-23(4-2,31(27,28)29)19-12-10-16(11-13-19)20(22(24)26)14-18-15-25-30-21(18)17-8-6-5-7-9-17/h5-13,15,20H,3-4,14H2,1-2H3,(H2,24,26)(H2,27,28,29). The lowest BCUT2D eigenvalue weighted by Gasteiger charge is -2.33. The van der Waals surface area contributed by atoms with Crippen LogP contribution in [0.15, 0.2) is 65.3 Å². The molecule has 3 rings (SSSR count). The highest BCUT2D eigenvalue weighted by Gasteiger charge is 2.45. The van der Waals surface area contributed by atoms with Gasteiger partial charge < -0.3 is 20.0 Å². The lowest BCUT2D eigenvalue weighted by molar-refractivity contribution is -0.119.